The lowest BCUT2D eigenvalue weighted by molar-refractivity contribution is 0.920. The number of rotatable bonds is 4. The number of aromatic nitrogens is 1. The first-order chi connectivity index (χ1) is 9.06. The van der Waals surface area contributed by atoms with Crippen molar-refractivity contribution in [2.24, 2.45) is 5.73 Å². The van der Waals surface area contributed by atoms with Crippen LogP contribution in [0.1, 0.15) is 11.3 Å². The highest BCUT2D eigenvalue weighted by Crippen LogP contribution is 2.17. The third-order valence-corrected chi connectivity index (χ3v) is 3.05. The van der Waals surface area contributed by atoms with Gasteiger partial charge in [0.15, 0.2) is 0 Å². The Morgan fingerprint density at radius 3 is 2.63 bits per heavy atom. The third-order valence-electron chi connectivity index (χ3n) is 2.79. The minimum atomic E-state index is -0.0262. The van der Waals surface area contributed by atoms with Gasteiger partial charge in [-0.3, -0.25) is 10.4 Å². The highest BCUT2D eigenvalue weighted by Gasteiger charge is 2.05. The minimum absolute atomic E-state index is 0.0262. The number of nitrogens with one attached hydrogen (secondary N) is 1. The van der Waals surface area contributed by atoms with Gasteiger partial charge >= 0.3 is 0 Å². The maximum absolute atomic E-state index is 7.40. The van der Waals surface area contributed by atoms with Gasteiger partial charge in [0.2, 0.25) is 0 Å². The van der Waals surface area contributed by atoms with Crippen LogP contribution in [0.15, 0.2) is 42.6 Å². The van der Waals surface area contributed by atoms with Crippen molar-refractivity contribution in [3.8, 4) is 0 Å². The zero-order valence-corrected chi connectivity index (χ0v) is 11.4. The molecule has 0 saturated heterocycles. The molecule has 0 atom stereocenters. The van der Waals surface area contributed by atoms with E-state index >= 15 is 0 Å². The zero-order chi connectivity index (χ0) is 13.8. The van der Waals surface area contributed by atoms with E-state index in [-0.39, 0.29) is 5.84 Å². The average molecular weight is 275 g/mol. The van der Waals surface area contributed by atoms with E-state index in [2.05, 4.69) is 9.88 Å². The molecule has 0 saturated carbocycles. The number of nitrogens with zero attached hydrogens (tertiary/aromatic N) is 2. The summed E-state index contributed by atoms with van der Waals surface area (Å²) in [6.45, 7) is 0.749. The Morgan fingerprint density at radius 1 is 1.32 bits per heavy atom. The Kier molecular flexibility index (Phi) is 4.02. The van der Waals surface area contributed by atoms with E-state index in [1.165, 1.54) is 0 Å². The van der Waals surface area contributed by atoms with E-state index in [0.29, 0.717) is 5.69 Å². The lowest BCUT2D eigenvalue weighted by atomic mass is 10.2. The molecule has 0 spiro atoms. The fraction of sp³-hybridized carbons (Fsp3) is 0.143. The molecule has 0 aliphatic heterocycles. The topological polar surface area (TPSA) is 66.0 Å². The van der Waals surface area contributed by atoms with Crippen molar-refractivity contribution in [1.82, 2.24) is 4.98 Å². The van der Waals surface area contributed by atoms with Crippen molar-refractivity contribution in [2.75, 3.05) is 11.9 Å². The molecule has 0 fully saturated rings. The van der Waals surface area contributed by atoms with Gasteiger partial charge in [-0.2, -0.15) is 0 Å². The van der Waals surface area contributed by atoms with Gasteiger partial charge in [-0.05, 0) is 29.8 Å². The molecular formula is C14H15ClN4. The molecule has 0 aliphatic carbocycles. The predicted octanol–water partition coefficient (Wildman–Crippen LogP) is 2.66. The van der Waals surface area contributed by atoms with Crippen LogP contribution in [0.4, 0.5) is 5.69 Å². The van der Waals surface area contributed by atoms with Crippen LogP contribution >= 0.6 is 11.6 Å². The molecule has 2 aromatic rings. The molecule has 0 radical (unpaired) electrons. The molecule has 1 aromatic carbocycles. The first-order valence-corrected chi connectivity index (χ1v) is 6.20. The second-order valence-corrected chi connectivity index (χ2v) is 4.73. The summed E-state index contributed by atoms with van der Waals surface area (Å²) < 4.78 is 0. The maximum Gasteiger partial charge on any atom is 0.141 e. The van der Waals surface area contributed by atoms with Gasteiger partial charge in [0.1, 0.15) is 11.5 Å². The summed E-state index contributed by atoms with van der Waals surface area (Å²) in [5, 5.41) is 8.13. The van der Waals surface area contributed by atoms with Gasteiger partial charge in [0.25, 0.3) is 0 Å². The summed E-state index contributed by atoms with van der Waals surface area (Å²) in [5.74, 6) is -0.0262. The van der Waals surface area contributed by atoms with E-state index in [1.807, 2.05) is 37.4 Å². The third kappa shape index (κ3) is 3.45. The van der Waals surface area contributed by atoms with E-state index in [4.69, 9.17) is 22.7 Å². The molecule has 4 nitrogen and oxygen atoms in total. The van der Waals surface area contributed by atoms with Crippen LogP contribution in [0, 0.1) is 5.41 Å². The van der Waals surface area contributed by atoms with Gasteiger partial charge in [-0.25, -0.2) is 0 Å². The van der Waals surface area contributed by atoms with E-state index in [0.717, 1.165) is 22.8 Å². The largest absolute Gasteiger partial charge is 0.382 e. The van der Waals surface area contributed by atoms with Gasteiger partial charge < -0.3 is 10.6 Å². The highest BCUT2D eigenvalue weighted by atomic mass is 35.5. The fourth-order valence-electron chi connectivity index (χ4n) is 1.76. The molecule has 98 valence electrons. The van der Waals surface area contributed by atoms with E-state index in [9.17, 15) is 0 Å². The van der Waals surface area contributed by atoms with Gasteiger partial charge in [0, 0.05) is 30.5 Å². The minimum Gasteiger partial charge on any atom is -0.382 e. The first-order valence-electron chi connectivity index (χ1n) is 5.82. The number of nitrogens with two attached hydrogens (primary N) is 1. The Hall–Kier alpha value is -2.07. The van der Waals surface area contributed by atoms with E-state index < -0.39 is 0 Å². The quantitative estimate of drug-likeness (QED) is 0.665. The fourth-order valence-corrected chi connectivity index (χ4v) is 1.89. The Morgan fingerprint density at radius 2 is 2.00 bits per heavy atom. The van der Waals surface area contributed by atoms with Crippen LogP contribution < -0.4 is 10.6 Å². The number of hydrogen-bond acceptors (Lipinski definition) is 3. The molecular weight excluding hydrogens is 260 g/mol. The van der Waals surface area contributed by atoms with Crippen LogP contribution in [0.25, 0.3) is 0 Å². The first kappa shape index (κ1) is 13.4. The SMILES string of the molecule is CN(Cc1ccc(Cl)cc1)c1ccnc(C(=N)N)c1. The standard InChI is InChI=1S/C14H15ClN4/c1-19(9-10-2-4-11(15)5-3-10)12-6-7-18-13(8-12)14(16)17/h2-8H,9H2,1H3,(H3,16,17). The molecule has 19 heavy (non-hydrogen) atoms. The number of halogens is 1. The number of hydrogen-bond donors (Lipinski definition) is 2. The van der Waals surface area contributed by atoms with Crippen LogP contribution in [0.2, 0.25) is 5.02 Å². The molecule has 3 N–H and O–H groups in total. The molecule has 0 bridgehead atoms. The molecule has 2 rings (SSSR count). The molecule has 1 heterocycles. The Bertz CT molecular complexity index is 580. The summed E-state index contributed by atoms with van der Waals surface area (Å²) >= 11 is 5.86. The van der Waals surface area contributed by atoms with Crippen molar-refractivity contribution < 1.29 is 0 Å². The second kappa shape index (κ2) is 5.71. The summed E-state index contributed by atoms with van der Waals surface area (Å²) in [4.78, 5) is 6.11. The number of pyridine rings is 1. The van der Waals surface area contributed by atoms with Crippen molar-refractivity contribution in [3.63, 3.8) is 0 Å². The average Bonchev–Trinajstić information content (AvgIpc) is 2.41. The predicted molar refractivity (Wildman–Crippen MR) is 78.8 cm³/mol. The number of nitrogen functional groups attached to an aromatic ring is 1. The maximum atomic E-state index is 7.40. The summed E-state index contributed by atoms with van der Waals surface area (Å²) in [7, 11) is 1.98. The summed E-state index contributed by atoms with van der Waals surface area (Å²) in [6.07, 6.45) is 1.66. The van der Waals surface area contributed by atoms with Gasteiger partial charge in [-0.1, -0.05) is 23.7 Å². The normalized spacial score (nSPS) is 10.2. The van der Waals surface area contributed by atoms with Gasteiger partial charge in [-0.15, -0.1) is 0 Å². The Balaban J connectivity index is 2.15. The summed E-state index contributed by atoms with van der Waals surface area (Å²) in [6, 6.07) is 11.4. The number of amidine groups is 1. The molecule has 5 heteroatoms. The lowest BCUT2D eigenvalue weighted by Gasteiger charge is -2.19. The van der Waals surface area contributed by atoms with Crippen molar-refractivity contribution in [2.45, 2.75) is 6.54 Å². The zero-order valence-electron chi connectivity index (χ0n) is 10.6. The van der Waals surface area contributed by atoms with Crippen LogP contribution in [-0.2, 0) is 6.54 Å². The second-order valence-electron chi connectivity index (χ2n) is 4.30. The monoisotopic (exact) mass is 274 g/mol. The van der Waals surface area contributed by atoms with Crippen molar-refractivity contribution in [3.05, 3.63) is 58.9 Å². The molecule has 0 unspecified atom stereocenters. The van der Waals surface area contributed by atoms with Gasteiger partial charge in [0.05, 0.1) is 0 Å². The number of anilines is 1. The van der Waals surface area contributed by atoms with E-state index in [1.54, 1.807) is 12.3 Å². The smallest absolute Gasteiger partial charge is 0.141 e. The molecule has 0 amide bonds. The van der Waals surface area contributed by atoms with Crippen LogP contribution in [-0.4, -0.2) is 17.9 Å². The van der Waals surface area contributed by atoms with Crippen LogP contribution in [0.5, 0.6) is 0 Å². The lowest BCUT2D eigenvalue weighted by Crippen LogP contribution is -2.18. The molecule has 1 aromatic heterocycles. The van der Waals surface area contributed by atoms with Crippen molar-refractivity contribution in [1.29, 1.82) is 5.41 Å². The van der Waals surface area contributed by atoms with Crippen molar-refractivity contribution >= 4 is 23.1 Å². The Labute approximate surface area is 117 Å². The highest BCUT2D eigenvalue weighted by molar-refractivity contribution is 6.30. The van der Waals surface area contributed by atoms with Crippen LogP contribution in [0.3, 0.4) is 0 Å². The molecule has 0 aliphatic rings. The number of benzene rings is 1. The summed E-state index contributed by atoms with van der Waals surface area (Å²) in [5.41, 5.74) is 8.05.